The average molecular weight is 508 g/mol. The number of benzene rings is 2. The second kappa shape index (κ2) is 10.1. The number of nitrogens with zero attached hydrogens (tertiary/aromatic N) is 3. The number of carbonyl (C=O) groups excluding carboxylic acids is 1. The van der Waals surface area contributed by atoms with Gasteiger partial charge in [-0.2, -0.15) is 4.31 Å². The first-order valence-corrected chi connectivity index (χ1v) is 12.0. The molecule has 2 aromatic carbocycles. The van der Waals surface area contributed by atoms with Crippen LogP contribution in [0.5, 0.6) is 0 Å². The van der Waals surface area contributed by atoms with Crippen molar-refractivity contribution in [3.63, 3.8) is 0 Å². The molecule has 2 atom stereocenters. The van der Waals surface area contributed by atoms with Crippen LogP contribution in [-0.4, -0.2) is 47.4 Å². The summed E-state index contributed by atoms with van der Waals surface area (Å²) in [7, 11) is -4.23. The lowest BCUT2D eigenvalue weighted by Gasteiger charge is -2.23. The number of sulfonamides is 1. The van der Waals surface area contributed by atoms with Crippen LogP contribution in [0, 0.1) is 5.82 Å². The Morgan fingerprint density at radius 1 is 1.09 bits per heavy atom. The van der Waals surface area contributed by atoms with Gasteiger partial charge < -0.3 is 5.32 Å². The number of halogens is 4. The molecule has 184 valence electrons. The molecule has 1 aromatic heterocycles. The molecule has 0 bridgehead atoms. The summed E-state index contributed by atoms with van der Waals surface area (Å²) in [5.41, 5.74) is 1.26. The van der Waals surface area contributed by atoms with Crippen molar-refractivity contribution in [3.8, 4) is 11.3 Å². The number of rotatable bonds is 7. The molecular formula is C23H20F4N4O3S. The molecule has 0 saturated carbocycles. The van der Waals surface area contributed by atoms with E-state index in [1.54, 1.807) is 6.07 Å². The molecule has 2 unspecified atom stereocenters. The molecule has 35 heavy (non-hydrogen) atoms. The Morgan fingerprint density at radius 3 is 2.43 bits per heavy atom. The lowest BCUT2D eigenvalue weighted by molar-refractivity contribution is -0.124. The molecule has 2 heterocycles. The van der Waals surface area contributed by atoms with E-state index in [-0.39, 0.29) is 23.4 Å². The predicted octanol–water partition coefficient (Wildman–Crippen LogP) is 3.64. The van der Waals surface area contributed by atoms with Gasteiger partial charge in [0.15, 0.2) is 0 Å². The van der Waals surface area contributed by atoms with Gasteiger partial charge in [-0.25, -0.2) is 35.9 Å². The summed E-state index contributed by atoms with van der Waals surface area (Å²) in [6.07, 6.45) is -3.21. The lowest BCUT2D eigenvalue weighted by atomic mass is 10.1. The van der Waals surface area contributed by atoms with Crippen LogP contribution in [0.15, 0.2) is 65.8 Å². The molecular weight excluding hydrogens is 488 g/mol. The van der Waals surface area contributed by atoms with E-state index in [0.717, 1.165) is 28.6 Å². The number of alkyl halides is 3. The highest BCUT2D eigenvalue weighted by atomic mass is 32.2. The van der Waals surface area contributed by atoms with Crippen LogP contribution in [0.25, 0.3) is 11.3 Å². The highest BCUT2D eigenvalue weighted by Gasteiger charge is 2.44. The molecule has 1 saturated heterocycles. The predicted molar refractivity (Wildman–Crippen MR) is 118 cm³/mol. The smallest absolute Gasteiger partial charge is 0.263 e. The van der Waals surface area contributed by atoms with Gasteiger partial charge in [-0.15, -0.1) is 0 Å². The SMILES string of the molecule is O=C(NCc1cc(-c2ccc(C(F)F)cc2)ncn1)C1CC(F)CN1S(=O)(=O)c1ccc(F)cc1. The van der Waals surface area contributed by atoms with Crippen molar-refractivity contribution in [3.05, 3.63) is 78.0 Å². The Bertz CT molecular complexity index is 1310. The second-order valence-electron chi connectivity index (χ2n) is 7.91. The third-order valence-corrected chi connectivity index (χ3v) is 7.44. The lowest BCUT2D eigenvalue weighted by Crippen LogP contribution is -2.45. The van der Waals surface area contributed by atoms with Crippen LogP contribution in [0.3, 0.4) is 0 Å². The minimum atomic E-state index is -4.23. The van der Waals surface area contributed by atoms with E-state index in [1.165, 1.54) is 30.6 Å². The van der Waals surface area contributed by atoms with Crippen molar-refractivity contribution < 1.29 is 30.8 Å². The number of aromatic nitrogens is 2. The summed E-state index contributed by atoms with van der Waals surface area (Å²) in [5.74, 6) is -1.34. The third-order valence-electron chi connectivity index (χ3n) is 5.55. The molecule has 4 rings (SSSR count). The normalized spacial score (nSPS) is 18.7. The molecule has 0 radical (unpaired) electrons. The molecule has 7 nitrogen and oxygen atoms in total. The van der Waals surface area contributed by atoms with Crippen LogP contribution in [0.2, 0.25) is 0 Å². The maximum absolute atomic E-state index is 14.2. The first-order valence-electron chi connectivity index (χ1n) is 10.5. The summed E-state index contributed by atoms with van der Waals surface area (Å²) in [5, 5.41) is 2.57. The van der Waals surface area contributed by atoms with E-state index in [0.29, 0.717) is 17.0 Å². The van der Waals surface area contributed by atoms with E-state index in [4.69, 9.17) is 0 Å². The fourth-order valence-corrected chi connectivity index (χ4v) is 5.37. The monoisotopic (exact) mass is 508 g/mol. The van der Waals surface area contributed by atoms with Gasteiger partial charge in [-0.05, 0) is 30.3 Å². The van der Waals surface area contributed by atoms with Crippen molar-refractivity contribution >= 4 is 15.9 Å². The van der Waals surface area contributed by atoms with Crippen LogP contribution < -0.4 is 5.32 Å². The van der Waals surface area contributed by atoms with E-state index >= 15 is 0 Å². The van der Waals surface area contributed by atoms with Crippen LogP contribution >= 0.6 is 0 Å². The fraction of sp³-hybridized carbons (Fsp3) is 0.261. The van der Waals surface area contributed by atoms with Crippen LogP contribution in [-0.2, 0) is 21.4 Å². The van der Waals surface area contributed by atoms with Crippen LogP contribution in [0.4, 0.5) is 17.6 Å². The Labute approximate surface area is 198 Å². The topological polar surface area (TPSA) is 92.3 Å². The number of carbonyl (C=O) groups is 1. The van der Waals surface area contributed by atoms with Gasteiger partial charge in [0, 0.05) is 24.1 Å². The Balaban J connectivity index is 1.46. The van der Waals surface area contributed by atoms with Gasteiger partial charge in [0.25, 0.3) is 6.43 Å². The first kappa shape index (κ1) is 24.7. The second-order valence-corrected chi connectivity index (χ2v) is 9.80. The zero-order valence-electron chi connectivity index (χ0n) is 18.1. The molecule has 0 spiro atoms. The molecule has 1 fully saturated rings. The van der Waals surface area contributed by atoms with Crippen molar-refractivity contribution in [2.75, 3.05) is 6.54 Å². The molecule has 12 heteroatoms. The van der Waals surface area contributed by atoms with Crippen molar-refractivity contribution in [1.29, 1.82) is 0 Å². The number of nitrogens with one attached hydrogen (secondary N) is 1. The maximum atomic E-state index is 14.2. The van der Waals surface area contributed by atoms with Crippen LogP contribution in [0.1, 0.15) is 24.1 Å². The summed E-state index contributed by atoms with van der Waals surface area (Å²) < 4.78 is 79.5. The van der Waals surface area contributed by atoms with E-state index in [2.05, 4.69) is 15.3 Å². The number of amides is 1. The standard InChI is InChI=1S/C23H20F4N4O3S/c24-16-5-7-19(8-6-16)35(33,34)31-12-17(25)9-21(31)23(32)28-11-18-10-20(30-13-29-18)14-1-3-15(4-2-14)22(26)27/h1-8,10,13,17,21-22H,9,11-12H2,(H,28,32). The molecule has 3 aromatic rings. The first-order chi connectivity index (χ1) is 16.6. The summed E-state index contributed by atoms with van der Waals surface area (Å²) in [4.78, 5) is 20.7. The van der Waals surface area contributed by atoms with Crippen molar-refractivity contribution in [2.24, 2.45) is 0 Å². The Hall–Kier alpha value is -3.38. The largest absolute Gasteiger partial charge is 0.349 e. The number of hydrogen-bond donors (Lipinski definition) is 1. The van der Waals surface area contributed by atoms with Gasteiger partial charge in [-0.3, -0.25) is 4.79 Å². The summed E-state index contributed by atoms with van der Waals surface area (Å²) in [6, 6.07) is 9.87. The third kappa shape index (κ3) is 5.49. The Morgan fingerprint density at radius 2 is 1.77 bits per heavy atom. The minimum absolute atomic E-state index is 0.0959. The average Bonchev–Trinajstić information content (AvgIpc) is 3.26. The van der Waals surface area contributed by atoms with Crippen molar-refractivity contribution in [2.45, 2.75) is 36.5 Å². The van der Waals surface area contributed by atoms with E-state index in [1.807, 2.05) is 0 Å². The highest BCUT2D eigenvalue weighted by Crippen LogP contribution is 2.28. The zero-order valence-corrected chi connectivity index (χ0v) is 18.9. The Kier molecular flexibility index (Phi) is 7.13. The quantitative estimate of drug-likeness (QED) is 0.492. The van der Waals surface area contributed by atoms with Gasteiger partial charge >= 0.3 is 0 Å². The van der Waals surface area contributed by atoms with Crippen molar-refractivity contribution in [1.82, 2.24) is 19.6 Å². The molecule has 1 N–H and O–H groups in total. The minimum Gasteiger partial charge on any atom is -0.349 e. The van der Waals surface area contributed by atoms with Gasteiger partial charge in [0.1, 0.15) is 24.4 Å². The van der Waals surface area contributed by atoms with E-state index in [9.17, 15) is 30.8 Å². The summed E-state index contributed by atoms with van der Waals surface area (Å²) >= 11 is 0. The van der Waals surface area contributed by atoms with Gasteiger partial charge in [0.2, 0.25) is 15.9 Å². The fourth-order valence-electron chi connectivity index (χ4n) is 3.75. The number of hydrogen-bond acceptors (Lipinski definition) is 5. The van der Waals surface area contributed by atoms with Gasteiger partial charge in [0.05, 0.1) is 22.8 Å². The maximum Gasteiger partial charge on any atom is 0.263 e. The zero-order chi connectivity index (χ0) is 25.2. The van der Waals surface area contributed by atoms with Gasteiger partial charge in [-0.1, -0.05) is 24.3 Å². The molecule has 1 amide bonds. The molecule has 1 aliphatic heterocycles. The summed E-state index contributed by atoms with van der Waals surface area (Å²) in [6.45, 7) is -0.592. The van der Waals surface area contributed by atoms with E-state index < -0.39 is 46.9 Å². The highest BCUT2D eigenvalue weighted by molar-refractivity contribution is 7.89. The molecule has 1 aliphatic rings. The molecule has 0 aliphatic carbocycles.